The van der Waals surface area contributed by atoms with Crippen molar-refractivity contribution in [2.24, 2.45) is 0 Å². The summed E-state index contributed by atoms with van der Waals surface area (Å²) in [6, 6.07) is 9.64. The van der Waals surface area contributed by atoms with E-state index < -0.39 is 36.9 Å². The van der Waals surface area contributed by atoms with E-state index in [0.29, 0.717) is 11.1 Å². The van der Waals surface area contributed by atoms with Crippen molar-refractivity contribution < 1.29 is 41.8 Å². The van der Waals surface area contributed by atoms with Crippen molar-refractivity contribution in [3.05, 3.63) is 53.6 Å². The van der Waals surface area contributed by atoms with Gasteiger partial charge in [-0.25, -0.2) is 9.18 Å². The standard InChI is InChI=1S/C21H19F4N3O5/c22-7-10-32-17-6-5-15(11-16(17)21(23,24)25)19-26-18(27-33-19)14-3-1-13(2-4-14)12-28(8-9-29)20(30)31/h1-6,11,29H,7-10,12H2,(H,30,31). The lowest BCUT2D eigenvalue weighted by Crippen LogP contribution is -2.31. The molecule has 0 fully saturated rings. The molecule has 12 heteroatoms. The molecule has 2 aromatic carbocycles. The van der Waals surface area contributed by atoms with Gasteiger partial charge in [-0.2, -0.15) is 18.2 Å². The van der Waals surface area contributed by atoms with Gasteiger partial charge in [0.2, 0.25) is 5.82 Å². The minimum atomic E-state index is -4.74. The predicted octanol–water partition coefficient (Wildman–Crippen LogP) is 4.24. The van der Waals surface area contributed by atoms with Crippen LogP contribution in [0.25, 0.3) is 22.8 Å². The summed E-state index contributed by atoms with van der Waals surface area (Å²) in [7, 11) is 0. The summed E-state index contributed by atoms with van der Waals surface area (Å²) in [4.78, 5) is 16.3. The Morgan fingerprint density at radius 1 is 1.12 bits per heavy atom. The fourth-order valence-electron chi connectivity index (χ4n) is 2.96. The van der Waals surface area contributed by atoms with Gasteiger partial charge in [-0.05, 0) is 23.8 Å². The van der Waals surface area contributed by atoms with E-state index in [1.165, 1.54) is 6.07 Å². The highest BCUT2D eigenvalue weighted by Gasteiger charge is 2.35. The smallest absolute Gasteiger partial charge is 0.419 e. The number of rotatable bonds is 9. The third-order valence-corrected chi connectivity index (χ3v) is 4.52. The molecule has 0 bridgehead atoms. The molecule has 33 heavy (non-hydrogen) atoms. The van der Waals surface area contributed by atoms with Crippen molar-refractivity contribution in [3.63, 3.8) is 0 Å². The van der Waals surface area contributed by atoms with Crippen LogP contribution >= 0.6 is 0 Å². The van der Waals surface area contributed by atoms with Gasteiger partial charge >= 0.3 is 12.3 Å². The van der Waals surface area contributed by atoms with Crippen LogP contribution in [0.3, 0.4) is 0 Å². The molecule has 176 valence electrons. The molecule has 0 radical (unpaired) electrons. The van der Waals surface area contributed by atoms with Gasteiger partial charge in [0.15, 0.2) is 0 Å². The van der Waals surface area contributed by atoms with E-state index >= 15 is 0 Å². The topological polar surface area (TPSA) is 109 Å². The number of ether oxygens (including phenoxy) is 1. The average Bonchev–Trinajstić information content (AvgIpc) is 3.27. The van der Waals surface area contributed by atoms with E-state index in [4.69, 9.17) is 19.5 Å². The Morgan fingerprint density at radius 2 is 1.82 bits per heavy atom. The monoisotopic (exact) mass is 469 g/mol. The summed E-state index contributed by atoms with van der Waals surface area (Å²) < 4.78 is 62.4. The van der Waals surface area contributed by atoms with Crippen molar-refractivity contribution in [2.45, 2.75) is 12.7 Å². The van der Waals surface area contributed by atoms with Crippen LogP contribution in [0.2, 0.25) is 0 Å². The van der Waals surface area contributed by atoms with Crippen LogP contribution in [-0.2, 0) is 12.7 Å². The molecule has 0 unspecified atom stereocenters. The maximum atomic E-state index is 13.4. The lowest BCUT2D eigenvalue weighted by molar-refractivity contribution is -0.138. The van der Waals surface area contributed by atoms with Gasteiger partial charge in [-0.1, -0.05) is 29.4 Å². The predicted molar refractivity (Wildman–Crippen MR) is 107 cm³/mol. The molecular formula is C21H19F4N3O5. The Balaban J connectivity index is 1.81. The van der Waals surface area contributed by atoms with Crippen LogP contribution < -0.4 is 4.74 Å². The van der Waals surface area contributed by atoms with Crippen LogP contribution in [0.4, 0.5) is 22.4 Å². The molecule has 0 spiro atoms. The third kappa shape index (κ3) is 5.98. The fourth-order valence-corrected chi connectivity index (χ4v) is 2.96. The Bertz CT molecular complexity index is 1090. The summed E-state index contributed by atoms with van der Waals surface area (Å²) in [6.45, 7) is -1.73. The molecule has 2 N–H and O–H groups in total. The molecular weight excluding hydrogens is 450 g/mol. The normalized spacial score (nSPS) is 11.4. The number of carboxylic acid groups (broad SMARTS) is 1. The first kappa shape index (κ1) is 24.0. The number of hydrogen-bond donors (Lipinski definition) is 2. The zero-order chi connectivity index (χ0) is 24.0. The Hall–Kier alpha value is -3.67. The fraction of sp³-hybridized carbons (Fsp3) is 0.286. The van der Waals surface area contributed by atoms with Crippen LogP contribution in [0.15, 0.2) is 47.0 Å². The number of halogens is 4. The minimum Gasteiger partial charge on any atom is -0.490 e. The zero-order valence-corrected chi connectivity index (χ0v) is 17.0. The van der Waals surface area contributed by atoms with E-state index in [0.717, 1.165) is 17.0 Å². The highest BCUT2D eigenvalue weighted by molar-refractivity contribution is 5.65. The highest BCUT2D eigenvalue weighted by atomic mass is 19.4. The van der Waals surface area contributed by atoms with Gasteiger partial charge < -0.3 is 24.4 Å². The molecule has 0 saturated carbocycles. The van der Waals surface area contributed by atoms with Crippen LogP contribution in [-0.4, -0.2) is 57.8 Å². The third-order valence-electron chi connectivity index (χ3n) is 4.52. The van der Waals surface area contributed by atoms with Crippen molar-refractivity contribution >= 4 is 6.09 Å². The second-order valence-electron chi connectivity index (χ2n) is 6.79. The van der Waals surface area contributed by atoms with Gasteiger partial charge in [0.25, 0.3) is 5.89 Å². The SMILES string of the molecule is O=C(O)N(CCO)Cc1ccc(-c2noc(-c3ccc(OCCF)c(C(F)(F)F)c3)n2)cc1. The summed E-state index contributed by atoms with van der Waals surface area (Å²) in [5.41, 5.74) is 0.0588. The Morgan fingerprint density at radius 3 is 2.42 bits per heavy atom. The first-order valence-corrected chi connectivity index (χ1v) is 9.65. The van der Waals surface area contributed by atoms with Crippen LogP contribution in [0, 0.1) is 0 Å². The number of hydrogen-bond acceptors (Lipinski definition) is 6. The summed E-state index contributed by atoms with van der Waals surface area (Å²) >= 11 is 0. The van der Waals surface area contributed by atoms with Crippen molar-refractivity contribution in [1.82, 2.24) is 15.0 Å². The zero-order valence-electron chi connectivity index (χ0n) is 17.0. The minimum absolute atomic E-state index is 0.00592. The Labute approximate surface area is 185 Å². The first-order chi connectivity index (χ1) is 15.7. The lowest BCUT2D eigenvalue weighted by Gasteiger charge is -2.17. The number of alkyl halides is 4. The molecule has 0 aliphatic rings. The molecule has 0 aliphatic carbocycles. The summed E-state index contributed by atoms with van der Waals surface area (Å²) in [5.74, 6) is -0.541. The maximum Gasteiger partial charge on any atom is 0.419 e. The van der Waals surface area contributed by atoms with Gasteiger partial charge in [0, 0.05) is 24.2 Å². The number of carbonyl (C=O) groups is 1. The molecule has 1 aromatic heterocycles. The highest BCUT2D eigenvalue weighted by Crippen LogP contribution is 2.38. The molecule has 0 atom stereocenters. The molecule has 8 nitrogen and oxygen atoms in total. The summed E-state index contributed by atoms with van der Waals surface area (Å²) in [6.07, 6.45) is -5.91. The van der Waals surface area contributed by atoms with Crippen molar-refractivity contribution in [1.29, 1.82) is 0 Å². The van der Waals surface area contributed by atoms with E-state index in [9.17, 15) is 22.4 Å². The quantitative estimate of drug-likeness (QED) is 0.451. The van der Waals surface area contributed by atoms with Crippen molar-refractivity contribution in [3.8, 4) is 28.6 Å². The van der Waals surface area contributed by atoms with E-state index in [2.05, 4.69) is 10.1 Å². The van der Waals surface area contributed by atoms with Gasteiger partial charge in [-0.3, -0.25) is 0 Å². The first-order valence-electron chi connectivity index (χ1n) is 9.65. The maximum absolute atomic E-state index is 13.4. The number of amides is 1. The number of aromatic nitrogens is 2. The van der Waals surface area contributed by atoms with E-state index in [-0.39, 0.29) is 37.0 Å². The lowest BCUT2D eigenvalue weighted by atomic mass is 10.1. The van der Waals surface area contributed by atoms with Gasteiger partial charge in [0.1, 0.15) is 19.0 Å². The average molecular weight is 469 g/mol. The summed E-state index contributed by atoms with van der Waals surface area (Å²) in [5, 5.41) is 21.9. The molecule has 1 amide bonds. The van der Waals surface area contributed by atoms with Crippen LogP contribution in [0.5, 0.6) is 5.75 Å². The van der Waals surface area contributed by atoms with Gasteiger partial charge in [0.05, 0.1) is 12.2 Å². The molecule has 1 heterocycles. The molecule has 3 rings (SSSR count). The number of aliphatic hydroxyl groups excluding tert-OH is 1. The Kier molecular flexibility index (Phi) is 7.48. The molecule has 0 saturated heterocycles. The van der Waals surface area contributed by atoms with Crippen molar-refractivity contribution in [2.75, 3.05) is 26.4 Å². The number of nitrogens with zero attached hydrogens (tertiary/aromatic N) is 3. The van der Waals surface area contributed by atoms with Gasteiger partial charge in [-0.15, -0.1) is 0 Å². The second kappa shape index (κ2) is 10.3. The van der Waals surface area contributed by atoms with E-state index in [1.54, 1.807) is 24.3 Å². The molecule has 0 aliphatic heterocycles. The van der Waals surface area contributed by atoms with E-state index in [1.807, 2.05) is 0 Å². The molecule has 3 aromatic rings. The number of benzene rings is 2. The van der Waals surface area contributed by atoms with Crippen LogP contribution in [0.1, 0.15) is 11.1 Å². The largest absolute Gasteiger partial charge is 0.490 e. The number of aliphatic hydroxyl groups is 1. The second-order valence-corrected chi connectivity index (χ2v) is 6.79.